The first-order valence-corrected chi connectivity index (χ1v) is 9.17. The zero-order valence-corrected chi connectivity index (χ0v) is 14.9. The van der Waals surface area contributed by atoms with Gasteiger partial charge in [0.25, 0.3) is 0 Å². The maximum Gasteiger partial charge on any atom is 0.246 e. The van der Waals surface area contributed by atoms with E-state index in [9.17, 15) is 9.90 Å². The second kappa shape index (κ2) is 8.50. The molecule has 0 bridgehead atoms. The van der Waals surface area contributed by atoms with E-state index in [-0.39, 0.29) is 17.9 Å². The summed E-state index contributed by atoms with van der Waals surface area (Å²) in [4.78, 5) is 16.3. The minimum Gasteiger partial charge on any atom is -0.393 e. The zero-order valence-electron chi connectivity index (χ0n) is 14.9. The van der Waals surface area contributed by atoms with Crippen molar-refractivity contribution in [1.82, 2.24) is 4.90 Å². The Labute approximate surface area is 149 Å². The molecule has 2 fully saturated rings. The molecule has 1 aliphatic heterocycles. The average molecular weight is 344 g/mol. The normalized spacial score (nSPS) is 24.0. The van der Waals surface area contributed by atoms with Crippen molar-refractivity contribution in [3.05, 3.63) is 35.9 Å². The summed E-state index contributed by atoms with van der Waals surface area (Å²) >= 11 is 0. The van der Waals surface area contributed by atoms with Gasteiger partial charge in [-0.05, 0) is 36.6 Å². The van der Waals surface area contributed by atoms with Crippen LogP contribution < -0.4 is 4.90 Å². The highest BCUT2D eigenvalue weighted by Crippen LogP contribution is 2.26. The minimum absolute atomic E-state index is 0.0173. The number of benzene rings is 1. The maximum atomic E-state index is 12.3. The number of anilines is 1. The second-order valence-corrected chi connectivity index (χ2v) is 7.00. The number of carbonyl (C=O) groups is 1. The third-order valence-corrected chi connectivity index (χ3v) is 5.19. The van der Waals surface area contributed by atoms with E-state index >= 15 is 0 Å². The van der Waals surface area contributed by atoms with E-state index in [1.165, 1.54) is 5.69 Å². The fourth-order valence-electron chi connectivity index (χ4n) is 3.58. The van der Waals surface area contributed by atoms with Crippen molar-refractivity contribution in [3.63, 3.8) is 0 Å². The highest BCUT2D eigenvalue weighted by Gasteiger charge is 2.26. The molecule has 5 heteroatoms. The molecular weight excluding hydrogens is 316 g/mol. The van der Waals surface area contributed by atoms with Crippen LogP contribution in [0.1, 0.15) is 24.8 Å². The van der Waals surface area contributed by atoms with Crippen molar-refractivity contribution in [2.75, 3.05) is 44.8 Å². The number of rotatable bonds is 5. The van der Waals surface area contributed by atoms with Gasteiger partial charge in [-0.25, -0.2) is 0 Å². The van der Waals surface area contributed by atoms with Crippen molar-refractivity contribution < 1.29 is 14.6 Å². The van der Waals surface area contributed by atoms with Crippen LogP contribution in [0.3, 0.4) is 0 Å². The van der Waals surface area contributed by atoms with Crippen molar-refractivity contribution >= 4 is 17.7 Å². The molecule has 0 radical (unpaired) electrons. The van der Waals surface area contributed by atoms with E-state index in [0.717, 1.165) is 51.1 Å². The molecule has 1 heterocycles. The van der Waals surface area contributed by atoms with Gasteiger partial charge in [-0.3, -0.25) is 4.79 Å². The van der Waals surface area contributed by atoms with E-state index in [2.05, 4.69) is 17.0 Å². The quantitative estimate of drug-likeness (QED) is 0.832. The molecule has 1 N–H and O–H groups in total. The minimum atomic E-state index is -0.257. The molecule has 2 unspecified atom stereocenters. The first-order valence-electron chi connectivity index (χ1n) is 9.17. The fraction of sp³-hybridized carbons (Fsp3) is 0.550. The standard InChI is InChI=1S/C20H28N2O3/c1-21(15-17-3-2-4-19(17)23)20(24)10-7-16-5-8-18(9-6-16)22-11-13-25-14-12-22/h5-10,17,19,23H,2-4,11-15H2,1H3/b10-7+. The lowest BCUT2D eigenvalue weighted by atomic mass is 10.1. The van der Waals surface area contributed by atoms with Crippen LogP contribution in [-0.4, -0.2) is 61.9 Å². The molecule has 1 aliphatic carbocycles. The molecule has 3 rings (SSSR count). The molecule has 0 aromatic heterocycles. The summed E-state index contributed by atoms with van der Waals surface area (Å²) in [6.45, 7) is 4.02. The molecule has 1 saturated carbocycles. The van der Waals surface area contributed by atoms with Crippen LogP contribution >= 0.6 is 0 Å². The lowest BCUT2D eigenvalue weighted by Gasteiger charge is -2.28. The second-order valence-electron chi connectivity index (χ2n) is 7.00. The number of aliphatic hydroxyl groups excluding tert-OH is 1. The first-order chi connectivity index (χ1) is 12.1. The summed E-state index contributed by atoms with van der Waals surface area (Å²) in [6.07, 6.45) is 6.13. The molecule has 25 heavy (non-hydrogen) atoms. The van der Waals surface area contributed by atoms with Crippen LogP contribution in [-0.2, 0) is 9.53 Å². The maximum absolute atomic E-state index is 12.3. The third-order valence-electron chi connectivity index (χ3n) is 5.19. The Balaban J connectivity index is 1.52. The summed E-state index contributed by atoms with van der Waals surface area (Å²) in [5.41, 5.74) is 2.21. The highest BCUT2D eigenvalue weighted by atomic mass is 16.5. The number of hydrogen-bond donors (Lipinski definition) is 1. The molecule has 136 valence electrons. The van der Waals surface area contributed by atoms with Gasteiger partial charge in [0.2, 0.25) is 5.91 Å². The molecule has 2 atom stereocenters. The zero-order chi connectivity index (χ0) is 17.6. The van der Waals surface area contributed by atoms with Gasteiger partial charge in [0.1, 0.15) is 0 Å². The Hall–Kier alpha value is -1.85. The first kappa shape index (κ1) is 18.0. The van der Waals surface area contributed by atoms with E-state index in [4.69, 9.17) is 4.74 Å². The smallest absolute Gasteiger partial charge is 0.246 e. The summed E-state index contributed by atoms with van der Waals surface area (Å²) in [5, 5.41) is 9.89. The summed E-state index contributed by atoms with van der Waals surface area (Å²) in [6, 6.07) is 8.26. The lowest BCUT2D eigenvalue weighted by Crippen LogP contribution is -2.36. The van der Waals surface area contributed by atoms with Crippen LogP contribution in [0.5, 0.6) is 0 Å². The Kier molecular flexibility index (Phi) is 6.10. The van der Waals surface area contributed by atoms with E-state index < -0.39 is 0 Å². The number of likely N-dealkylation sites (N-methyl/N-ethyl adjacent to an activating group) is 1. The van der Waals surface area contributed by atoms with Gasteiger partial charge in [-0.2, -0.15) is 0 Å². The van der Waals surface area contributed by atoms with E-state index in [0.29, 0.717) is 6.54 Å². The Bertz CT molecular complexity index is 593. The van der Waals surface area contributed by atoms with Gasteiger partial charge in [-0.15, -0.1) is 0 Å². The summed E-state index contributed by atoms with van der Waals surface area (Å²) in [5.74, 6) is 0.200. The summed E-state index contributed by atoms with van der Waals surface area (Å²) < 4.78 is 5.38. The molecule has 0 spiro atoms. The van der Waals surface area contributed by atoms with Gasteiger partial charge in [0.15, 0.2) is 0 Å². The molecule has 1 saturated heterocycles. The van der Waals surface area contributed by atoms with Crippen LogP contribution in [0.2, 0.25) is 0 Å². The Morgan fingerprint density at radius 2 is 2.00 bits per heavy atom. The molecule has 2 aliphatic rings. The topological polar surface area (TPSA) is 53.0 Å². The van der Waals surface area contributed by atoms with Gasteiger partial charge in [0, 0.05) is 44.4 Å². The van der Waals surface area contributed by atoms with Crippen LogP contribution in [0, 0.1) is 5.92 Å². The molecular formula is C20H28N2O3. The number of nitrogens with zero attached hydrogens (tertiary/aromatic N) is 2. The average Bonchev–Trinajstić information content (AvgIpc) is 3.05. The van der Waals surface area contributed by atoms with Crippen molar-refractivity contribution in [2.45, 2.75) is 25.4 Å². The summed E-state index contributed by atoms with van der Waals surface area (Å²) in [7, 11) is 1.80. The SMILES string of the molecule is CN(CC1CCCC1O)C(=O)/C=C/c1ccc(N2CCOCC2)cc1. The van der Waals surface area contributed by atoms with E-state index in [1.54, 1.807) is 18.0 Å². The number of morpholine rings is 1. The van der Waals surface area contributed by atoms with Gasteiger partial charge in [-0.1, -0.05) is 18.6 Å². The Morgan fingerprint density at radius 1 is 1.28 bits per heavy atom. The van der Waals surface area contributed by atoms with Crippen LogP contribution in [0.15, 0.2) is 30.3 Å². The van der Waals surface area contributed by atoms with Gasteiger partial charge in [0.05, 0.1) is 19.3 Å². The molecule has 1 aromatic carbocycles. The molecule has 1 aromatic rings. The van der Waals surface area contributed by atoms with Crippen LogP contribution in [0.4, 0.5) is 5.69 Å². The van der Waals surface area contributed by atoms with Crippen molar-refractivity contribution in [2.24, 2.45) is 5.92 Å². The lowest BCUT2D eigenvalue weighted by molar-refractivity contribution is -0.125. The van der Waals surface area contributed by atoms with Crippen molar-refractivity contribution in [3.8, 4) is 0 Å². The van der Waals surface area contributed by atoms with Gasteiger partial charge >= 0.3 is 0 Å². The number of hydrogen-bond acceptors (Lipinski definition) is 4. The van der Waals surface area contributed by atoms with Gasteiger partial charge < -0.3 is 19.6 Å². The monoisotopic (exact) mass is 344 g/mol. The predicted octanol–water partition coefficient (Wildman–Crippen LogP) is 2.16. The number of amides is 1. The van der Waals surface area contributed by atoms with Crippen molar-refractivity contribution in [1.29, 1.82) is 0 Å². The number of aliphatic hydroxyl groups is 1. The predicted molar refractivity (Wildman–Crippen MR) is 99.5 cm³/mol. The largest absolute Gasteiger partial charge is 0.393 e. The number of carbonyl (C=O) groups excluding carboxylic acids is 1. The molecule has 5 nitrogen and oxygen atoms in total. The number of ether oxygens (including phenoxy) is 1. The van der Waals surface area contributed by atoms with Crippen LogP contribution in [0.25, 0.3) is 6.08 Å². The van der Waals surface area contributed by atoms with E-state index in [1.807, 2.05) is 18.2 Å². The molecule has 1 amide bonds. The Morgan fingerprint density at radius 3 is 2.64 bits per heavy atom. The highest BCUT2D eigenvalue weighted by molar-refractivity contribution is 5.91. The fourth-order valence-corrected chi connectivity index (χ4v) is 3.58. The third kappa shape index (κ3) is 4.83.